The summed E-state index contributed by atoms with van der Waals surface area (Å²) in [4.78, 5) is 6.81. The van der Waals surface area contributed by atoms with Crippen molar-refractivity contribution in [1.29, 1.82) is 0 Å². The van der Waals surface area contributed by atoms with Gasteiger partial charge in [0.05, 0.1) is 0 Å². The van der Waals surface area contributed by atoms with E-state index >= 15 is 0 Å². The zero-order valence-corrected chi connectivity index (χ0v) is 22.7. The number of nitrogens with one attached hydrogen (secondary N) is 2. The molecule has 1 heterocycles. The second kappa shape index (κ2) is 15.3. The zero-order valence-electron chi connectivity index (χ0n) is 19.5. The molecule has 1 rings (SSSR count). The topological polar surface area (TPSA) is 70.4 Å². The second-order valence-corrected chi connectivity index (χ2v) is 8.84. The van der Waals surface area contributed by atoms with Crippen molar-refractivity contribution in [2.24, 2.45) is 10.9 Å². The maximum absolute atomic E-state index is 4.39. The van der Waals surface area contributed by atoms with Gasteiger partial charge >= 0.3 is 0 Å². The van der Waals surface area contributed by atoms with Crippen molar-refractivity contribution in [2.75, 3.05) is 32.9 Å². The van der Waals surface area contributed by atoms with Gasteiger partial charge in [0.15, 0.2) is 11.1 Å². The summed E-state index contributed by atoms with van der Waals surface area (Å²) in [6.45, 7) is 17.2. The van der Waals surface area contributed by atoms with E-state index in [1.165, 1.54) is 0 Å². The monoisotopic (exact) mass is 539 g/mol. The van der Waals surface area contributed by atoms with Gasteiger partial charge in [0.2, 0.25) is 0 Å². The lowest BCUT2D eigenvalue weighted by molar-refractivity contribution is 0.178. The van der Waals surface area contributed by atoms with E-state index < -0.39 is 0 Å². The first-order valence-electron chi connectivity index (χ1n) is 10.5. The van der Waals surface area contributed by atoms with Crippen LogP contribution in [0, 0.1) is 5.92 Å². The molecule has 0 amide bonds. The highest BCUT2D eigenvalue weighted by Gasteiger charge is 2.13. The minimum atomic E-state index is 0. The van der Waals surface area contributed by atoms with E-state index in [9.17, 15) is 0 Å². The Labute approximate surface area is 199 Å². The summed E-state index contributed by atoms with van der Waals surface area (Å²) in [7, 11) is 1.82. The van der Waals surface area contributed by atoms with Crippen LogP contribution in [0.5, 0.6) is 0 Å². The Balaban J connectivity index is 0.00000784. The van der Waals surface area contributed by atoms with Gasteiger partial charge in [0.1, 0.15) is 5.82 Å². The van der Waals surface area contributed by atoms with Gasteiger partial charge in [-0.2, -0.15) is 0 Å². The Morgan fingerprint density at radius 1 is 1.07 bits per heavy atom. The number of hydrogen-bond donors (Lipinski definition) is 2. The third-order valence-electron chi connectivity index (χ3n) is 4.61. The Hall–Kier alpha value is -0.550. The maximum atomic E-state index is 4.39. The fraction of sp³-hybridized carbons (Fsp3) is 0.850. The molecular formula is C20H42IN7S. The molecular weight excluding hydrogens is 497 g/mol. The molecule has 7 nitrogen and oxygen atoms in total. The SMILES string of the molecule is CN=C(NCCCc1nnc(SC)n1CC(C)C)NCCN(C(C)C)C(C)C.I. The summed E-state index contributed by atoms with van der Waals surface area (Å²) in [5, 5.41) is 16.5. The lowest BCUT2D eigenvalue weighted by Gasteiger charge is -2.30. The van der Waals surface area contributed by atoms with Crippen LogP contribution in [-0.4, -0.2) is 70.6 Å². The predicted octanol–water partition coefficient (Wildman–Crippen LogP) is 3.49. The molecule has 29 heavy (non-hydrogen) atoms. The van der Waals surface area contributed by atoms with Crippen LogP contribution in [0.2, 0.25) is 0 Å². The number of rotatable bonds is 12. The van der Waals surface area contributed by atoms with E-state index in [1.807, 2.05) is 7.05 Å². The van der Waals surface area contributed by atoms with Crippen LogP contribution >= 0.6 is 35.7 Å². The van der Waals surface area contributed by atoms with Crippen molar-refractivity contribution in [2.45, 2.75) is 78.2 Å². The molecule has 0 spiro atoms. The van der Waals surface area contributed by atoms with Gasteiger partial charge in [-0.25, -0.2) is 0 Å². The minimum Gasteiger partial charge on any atom is -0.356 e. The number of aliphatic imine (C=N–C) groups is 1. The molecule has 0 unspecified atom stereocenters. The summed E-state index contributed by atoms with van der Waals surface area (Å²) in [6.07, 6.45) is 3.97. The van der Waals surface area contributed by atoms with Gasteiger partial charge in [-0.05, 0) is 46.3 Å². The van der Waals surface area contributed by atoms with Crippen molar-refractivity contribution in [3.8, 4) is 0 Å². The first kappa shape index (κ1) is 28.5. The quantitative estimate of drug-likeness (QED) is 0.139. The van der Waals surface area contributed by atoms with Crippen LogP contribution in [0.25, 0.3) is 0 Å². The lowest BCUT2D eigenvalue weighted by Crippen LogP contribution is -2.45. The number of hydrogen-bond acceptors (Lipinski definition) is 5. The molecule has 9 heteroatoms. The van der Waals surface area contributed by atoms with Crippen LogP contribution in [0.1, 0.15) is 53.8 Å². The number of aromatic nitrogens is 3. The van der Waals surface area contributed by atoms with Crippen LogP contribution < -0.4 is 10.6 Å². The van der Waals surface area contributed by atoms with Gasteiger partial charge in [-0.15, -0.1) is 34.2 Å². The van der Waals surface area contributed by atoms with Crippen LogP contribution in [0.15, 0.2) is 10.1 Å². The van der Waals surface area contributed by atoms with Gasteiger partial charge in [-0.1, -0.05) is 25.6 Å². The van der Waals surface area contributed by atoms with Crippen molar-refractivity contribution < 1.29 is 0 Å². The Morgan fingerprint density at radius 2 is 1.69 bits per heavy atom. The van der Waals surface area contributed by atoms with Crippen molar-refractivity contribution in [3.05, 3.63) is 5.82 Å². The predicted molar refractivity (Wildman–Crippen MR) is 137 cm³/mol. The molecule has 2 N–H and O–H groups in total. The van der Waals surface area contributed by atoms with E-state index in [2.05, 4.69) is 83.1 Å². The van der Waals surface area contributed by atoms with Crippen molar-refractivity contribution in [1.82, 2.24) is 30.3 Å². The molecule has 0 saturated heterocycles. The maximum Gasteiger partial charge on any atom is 0.191 e. The molecule has 0 aromatic carbocycles. The molecule has 0 bridgehead atoms. The zero-order chi connectivity index (χ0) is 21.1. The van der Waals surface area contributed by atoms with Gasteiger partial charge in [0, 0.05) is 51.7 Å². The third kappa shape index (κ3) is 10.3. The Kier molecular flexibility index (Phi) is 15.0. The smallest absolute Gasteiger partial charge is 0.191 e. The highest BCUT2D eigenvalue weighted by molar-refractivity contribution is 14.0. The Bertz CT molecular complexity index is 579. The molecule has 0 aliphatic rings. The minimum absolute atomic E-state index is 0. The highest BCUT2D eigenvalue weighted by atomic mass is 127. The molecule has 0 aliphatic heterocycles. The average molecular weight is 540 g/mol. The second-order valence-electron chi connectivity index (χ2n) is 8.06. The van der Waals surface area contributed by atoms with E-state index in [0.29, 0.717) is 18.0 Å². The average Bonchev–Trinajstić information content (AvgIpc) is 3.00. The van der Waals surface area contributed by atoms with Crippen molar-refractivity contribution >= 4 is 41.7 Å². The van der Waals surface area contributed by atoms with Crippen LogP contribution in [0.3, 0.4) is 0 Å². The third-order valence-corrected chi connectivity index (χ3v) is 5.27. The van der Waals surface area contributed by atoms with Crippen LogP contribution in [-0.2, 0) is 13.0 Å². The van der Waals surface area contributed by atoms with E-state index in [-0.39, 0.29) is 24.0 Å². The summed E-state index contributed by atoms with van der Waals surface area (Å²) in [5.74, 6) is 2.52. The fourth-order valence-electron chi connectivity index (χ4n) is 3.29. The summed E-state index contributed by atoms with van der Waals surface area (Å²) < 4.78 is 2.26. The molecule has 0 saturated carbocycles. The van der Waals surface area contributed by atoms with Crippen LogP contribution in [0.4, 0.5) is 0 Å². The highest BCUT2D eigenvalue weighted by Crippen LogP contribution is 2.16. The van der Waals surface area contributed by atoms with E-state index in [1.54, 1.807) is 11.8 Å². The molecule has 0 aliphatic carbocycles. The fourth-order valence-corrected chi connectivity index (χ4v) is 3.82. The summed E-state index contributed by atoms with van der Waals surface area (Å²) in [6, 6.07) is 1.09. The molecule has 170 valence electrons. The molecule has 1 aromatic heterocycles. The standard InChI is InChI=1S/C20H41N7S.HI/c1-15(2)14-27-18(24-25-20(27)28-8)10-9-11-22-19(21-7)23-12-13-26(16(3)4)17(5)6;/h15-17H,9-14H2,1-8H3,(H2,21,22,23);1H. The molecule has 1 aromatic rings. The van der Waals surface area contributed by atoms with Gasteiger partial charge in [-0.3, -0.25) is 9.89 Å². The number of nitrogens with zero attached hydrogens (tertiary/aromatic N) is 5. The number of halogens is 1. The number of aryl methyl sites for hydroxylation is 1. The largest absolute Gasteiger partial charge is 0.356 e. The first-order valence-corrected chi connectivity index (χ1v) is 11.7. The molecule has 0 radical (unpaired) electrons. The van der Waals surface area contributed by atoms with Gasteiger partial charge in [0.25, 0.3) is 0 Å². The summed E-state index contributed by atoms with van der Waals surface area (Å²) >= 11 is 1.66. The van der Waals surface area contributed by atoms with Crippen molar-refractivity contribution in [3.63, 3.8) is 0 Å². The van der Waals surface area contributed by atoms with E-state index in [4.69, 9.17) is 0 Å². The number of guanidine groups is 1. The number of thioether (sulfide) groups is 1. The molecule has 0 fully saturated rings. The normalized spacial score (nSPS) is 12.2. The first-order chi connectivity index (χ1) is 13.3. The Morgan fingerprint density at radius 3 is 2.21 bits per heavy atom. The van der Waals surface area contributed by atoms with Gasteiger partial charge < -0.3 is 15.2 Å². The lowest BCUT2D eigenvalue weighted by atomic mass is 10.2. The van der Waals surface area contributed by atoms with E-state index in [0.717, 1.165) is 56.0 Å². The molecule has 0 atom stereocenters. The summed E-state index contributed by atoms with van der Waals surface area (Å²) in [5.41, 5.74) is 0.